The number of sulfonamides is 1. The molecule has 1 unspecified atom stereocenters. The summed E-state index contributed by atoms with van der Waals surface area (Å²) in [7, 11) is -3.43. The summed E-state index contributed by atoms with van der Waals surface area (Å²) >= 11 is 0. The van der Waals surface area contributed by atoms with Gasteiger partial charge in [-0.15, -0.1) is 0 Å². The average Bonchev–Trinajstić information content (AvgIpc) is 3.09. The van der Waals surface area contributed by atoms with Crippen molar-refractivity contribution in [3.8, 4) is 6.07 Å². The molecule has 5 heteroatoms. The fraction of sp³-hybridized carbons (Fsp3) is 0.909. The minimum atomic E-state index is -3.43. The first kappa shape index (κ1) is 11.9. The van der Waals surface area contributed by atoms with Crippen molar-refractivity contribution in [1.29, 1.82) is 5.26 Å². The van der Waals surface area contributed by atoms with E-state index in [1.807, 2.05) is 6.07 Å². The Morgan fingerprint density at radius 3 is 2.50 bits per heavy atom. The van der Waals surface area contributed by atoms with Crippen LogP contribution in [0.1, 0.15) is 39.0 Å². The second kappa shape index (κ2) is 4.01. The summed E-state index contributed by atoms with van der Waals surface area (Å²) in [6.07, 6.45) is 5.13. The summed E-state index contributed by atoms with van der Waals surface area (Å²) in [5.41, 5.74) is 0.251. The molecule has 1 N–H and O–H groups in total. The highest BCUT2D eigenvalue weighted by Gasteiger charge is 2.53. The minimum absolute atomic E-state index is 0.251. The maximum atomic E-state index is 11.8. The summed E-state index contributed by atoms with van der Waals surface area (Å²) in [5, 5.41) is 7.86. The van der Waals surface area contributed by atoms with Crippen LogP contribution < -0.4 is 4.72 Å². The van der Waals surface area contributed by atoms with Gasteiger partial charge in [0.05, 0.1) is 6.07 Å². The Kier molecular flexibility index (Phi) is 2.97. The van der Waals surface area contributed by atoms with Gasteiger partial charge in [0.15, 0.2) is 5.25 Å². The van der Waals surface area contributed by atoms with Crippen molar-refractivity contribution in [2.75, 3.05) is 6.54 Å². The molecule has 4 nitrogen and oxygen atoms in total. The Labute approximate surface area is 97.1 Å². The molecule has 0 aromatic carbocycles. The van der Waals surface area contributed by atoms with E-state index in [1.165, 1.54) is 12.8 Å². The first-order valence-corrected chi connectivity index (χ1v) is 7.47. The summed E-state index contributed by atoms with van der Waals surface area (Å²) < 4.78 is 26.2. The molecule has 0 aliphatic heterocycles. The van der Waals surface area contributed by atoms with Crippen LogP contribution in [0, 0.1) is 22.7 Å². The second-order valence-corrected chi connectivity index (χ2v) is 6.98. The van der Waals surface area contributed by atoms with E-state index in [0.717, 1.165) is 18.8 Å². The molecule has 16 heavy (non-hydrogen) atoms. The van der Waals surface area contributed by atoms with Crippen LogP contribution in [0.3, 0.4) is 0 Å². The zero-order valence-corrected chi connectivity index (χ0v) is 10.4. The lowest BCUT2D eigenvalue weighted by molar-refractivity contribution is 0.431. The van der Waals surface area contributed by atoms with Gasteiger partial charge in [-0.2, -0.15) is 5.26 Å². The molecule has 0 radical (unpaired) electrons. The van der Waals surface area contributed by atoms with Gasteiger partial charge in [-0.1, -0.05) is 6.92 Å². The van der Waals surface area contributed by atoms with E-state index in [-0.39, 0.29) is 5.41 Å². The molecule has 0 bridgehead atoms. The van der Waals surface area contributed by atoms with Gasteiger partial charge in [-0.25, -0.2) is 13.1 Å². The summed E-state index contributed by atoms with van der Waals surface area (Å²) in [4.78, 5) is 0. The Hall–Kier alpha value is -0.600. The smallest absolute Gasteiger partial charge is 0.214 e. The fourth-order valence-electron chi connectivity index (χ4n) is 2.31. The van der Waals surface area contributed by atoms with E-state index in [1.54, 1.807) is 6.92 Å². The van der Waals surface area contributed by atoms with Gasteiger partial charge < -0.3 is 0 Å². The Balaban J connectivity index is 1.92. The summed E-state index contributed by atoms with van der Waals surface area (Å²) in [6, 6.07) is 1.84. The molecule has 2 aliphatic rings. The zero-order valence-electron chi connectivity index (χ0n) is 9.57. The molecule has 0 aromatic heterocycles. The van der Waals surface area contributed by atoms with Crippen LogP contribution in [-0.2, 0) is 10.0 Å². The quantitative estimate of drug-likeness (QED) is 0.765. The van der Waals surface area contributed by atoms with Crippen LogP contribution in [-0.4, -0.2) is 20.2 Å². The largest absolute Gasteiger partial charge is 0.227 e. The maximum Gasteiger partial charge on any atom is 0.227 e. The molecular weight excluding hydrogens is 224 g/mol. The van der Waals surface area contributed by atoms with E-state index in [0.29, 0.717) is 13.0 Å². The number of hydrogen-bond donors (Lipinski definition) is 1. The molecule has 0 amide bonds. The van der Waals surface area contributed by atoms with Crippen molar-refractivity contribution in [3.05, 3.63) is 0 Å². The van der Waals surface area contributed by atoms with Crippen molar-refractivity contribution in [1.82, 2.24) is 4.72 Å². The summed E-state index contributed by atoms with van der Waals surface area (Å²) in [5.74, 6) is 0.734. The van der Waals surface area contributed by atoms with E-state index in [9.17, 15) is 8.42 Å². The third-order valence-corrected chi connectivity index (χ3v) is 5.58. The highest BCUT2D eigenvalue weighted by molar-refractivity contribution is 7.90. The third-order valence-electron chi connectivity index (χ3n) is 3.85. The van der Waals surface area contributed by atoms with Crippen LogP contribution >= 0.6 is 0 Å². The third kappa shape index (κ3) is 2.23. The van der Waals surface area contributed by atoms with Crippen LogP contribution in [0.4, 0.5) is 0 Å². The topological polar surface area (TPSA) is 70.0 Å². The molecule has 90 valence electrons. The molecular formula is C11H18N2O2S. The van der Waals surface area contributed by atoms with Gasteiger partial charge in [-0.3, -0.25) is 0 Å². The first-order chi connectivity index (χ1) is 7.54. The highest BCUT2D eigenvalue weighted by Crippen LogP contribution is 2.60. The molecule has 2 saturated carbocycles. The lowest BCUT2D eigenvalue weighted by Gasteiger charge is -2.16. The molecule has 2 aliphatic carbocycles. The van der Waals surface area contributed by atoms with E-state index >= 15 is 0 Å². The minimum Gasteiger partial charge on any atom is -0.214 e. The molecule has 0 saturated heterocycles. The van der Waals surface area contributed by atoms with Crippen LogP contribution in [0.25, 0.3) is 0 Å². The summed E-state index contributed by atoms with van der Waals surface area (Å²) in [6.45, 7) is 2.26. The number of rotatable bonds is 6. The molecule has 0 heterocycles. The van der Waals surface area contributed by atoms with Gasteiger partial charge in [-0.05, 0) is 43.4 Å². The zero-order chi connectivity index (χ0) is 11.8. The SMILES string of the molecule is CCC(C#N)S(=O)(=O)NCC1(C2CC2)CC1. The monoisotopic (exact) mass is 242 g/mol. The highest BCUT2D eigenvalue weighted by atomic mass is 32.2. The maximum absolute atomic E-state index is 11.8. The van der Waals surface area contributed by atoms with Crippen molar-refractivity contribution in [2.45, 2.75) is 44.3 Å². The molecule has 0 spiro atoms. The standard InChI is InChI=1S/C11H18N2O2S/c1-2-10(7-12)16(14,15)13-8-11(5-6-11)9-3-4-9/h9-10,13H,2-6,8H2,1H3. The Morgan fingerprint density at radius 1 is 1.50 bits per heavy atom. The Morgan fingerprint density at radius 2 is 2.12 bits per heavy atom. The van der Waals surface area contributed by atoms with Gasteiger partial charge in [0.2, 0.25) is 10.0 Å². The number of hydrogen-bond acceptors (Lipinski definition) is 3. The van der Waals surface area contributed by atoms with Crippen molar-refractivity contribution in [3.63, 3.8) is 0 Å². The molecule has 0 aromatic rings. The number of nitriles is 1. The van der Waals surface area contributed by atoms with Crippen LogP contribution in [0.2, 0.25) is 0 Å². The fourth-order valence-corrected chi connectivity index (χ4v) is 3.58. The van der Waals surface area contributed by atoms with E-state index < -0.39 is 15.3 Å². The molecule has 2 fully saturated rings. The van der Waals surface area contributed by atoms with Crippen molar-refractivity contribution < 1.29 is 8.42 Å². The lowest BCUT2D eigenvalue weighted by Crippen LogP contribution is -2.37. The van der Waals surface area contributed by atoms with Crippen molar-refractivity contribution >= 4 is 10.0 Å². The number of nitrogens with zero attached hydrogens (tertiary/aromatic N) is 1. The van der Waals surface area contributed by atoms with Gasteiger partial charge in [0.1, 0.15) is 0 Å². The molecule has 2 rings (SSSR count). The van der Waals surface area contributed by atoms with Gasteiger partial charge in [0.25, 0.3) is 0 Å². The average molecular weight is 242 g/mol. The van der Waals surface area contributed by atoms with E-state index in [4.69, 9.17) is 5.26 Å². The normalized spacial score (nSPS) is 24.8. The Bertz CT molecular complexity index is 402. The molecule has 1 atom stereocenters. The van der Waals surface area contributed by atoms with Crippen LogP contribution in [0.15, 0.2) is 0 Å². The predicted molar refractivity (Wildman–Crippen MR) is 61.0 cm³/mol. The first-order valence-electron chi connectivity index (χ1n) is 5.92. The van der Waals surface area contributed by atoms with E-state index in [2.05, 4.69) is 4.72 Å². The predicted octanol–water partition coefficient (Wildman–Crippen LogP) is 1.40. The van der Waals surface area contributed by atoms with Crippen molar-refractivity contribution in [2.24, 2.45) is 11.3 Å². The van der Waals surface area contributed by atoms with Crippen LogP contribution in [0.5, 0.6) is 0 Å². The number of nitrogens with one attached hydrogen (secondary N) is 1. The van der Waals surface area contributed by atoms with Gasteiger partial charge in [0, 0.05) is 6.54 Å². The van der Waals surface area contributed by atoms with Gasteiger partial charge >= 0.3 is 0 Å². The lowest BCUT2D eigenvalue weighted by atomic mass is 10.0. The second-order valence-electron chi connectivity index (χ2n) is 5.03.